The van der Waals surface area contributed by atoms with E-state index in [4.69, 9.17) is 0 Å². The van der Waals surface area contributed by atoms with Gasteiger partial charge in [-0.25, -0.2) is 4.99 Å². The number of guanidine groups is 1. The number of rotatable bonds is 1. The molecule has 4 nitrogen and oxygen atoms in total. The van der Waals surface area contributed by atoms with Crippen LogP contribution in [0.25, 0.3) is 0 Å². The van der Waals surface area contributed by atoms with Crippen molar-refractivity contribution < 1.29 is 5.21 Å². The van der Waals surface area contributed by atoms with Crippen LogP contribution in [0, 0.1) is 13.8 Å². The standard InChI is InChI=1S/C11H15N3O/c1-8-5-9(2)7-10(6-8)14(15)11-12-3-4-13-11/h5-7,15H,3-4H2,1-2H3,(H,12,13). The highest BCUT2D eigenvalue weighted by molar-refractivity contribution is 5.94. The van der Waals surface area contributed by atoms with Crippen molar-refractivity contribution in [3.8, 4) is 0 Å². The van der Waals surface area contributed by atoms with Gasteiger partial charge in [-0.3, -0.25) is 5.21 Å². The number of hydrogen-bond donors (Lipinski definition) is 2. The van der Waals surface area contributed by atoms with Gasteiger partial charge in [0.1, 0.15) is 0 Å². The SMILES string of the molecule is Cc1cc(C)cc(N(O)C2=NCCN2)c1. The van der Waals surface area contributed by atoms with E-state index < -0.39 is 0 Å². The van der Waals surface area contributed by atoms with Crippen LogP contribution < -0.4 is 10.4 Å². The van der Waals surface area contributed by atoms with Crippen LogP contribution in [-0.2, 0) is 0 Å². The van der Waals surface area contributed by atoms with Crippen LogP contribution in [0.5, 0.6) is 0 Å². The Hall–Kier alpha value is -1.55. The van der Waals surface area contributed by atoms with E-state index in [9.17, 15) is 5.21 Å². The zero-order chi connectivity index (χ0) is 10.8. The molecule has 0 unspecified atom stereocenters. The second-order valence-electron chi connectivity index (χ2n) is 3.79. The molecule has 0 bridgehead atoms. The summed E-state index contributed by atoms with van der Waals surface area (Å²) in [5, 5.41) is 14.0. The van der Waals surface area contributed by atoms with Gasteiger partial charge >= 0.3 is 0 Å². The first kappa shape index (κ1) is 9.98. The average molecular weight is 205 g/mol. The summed E-state index contributed by atoms with van der Waals surface area (Å²) in [6.07, 6.45) is 0. The highest BCUT2D eigenvalue weighted by Crippen LogP contribution is 2.17. The predicted molar refractivity (Wildman–Crippen MR) is 60.5 cm³/mol. The van der Waals surface area contributed by atoms with Crippen molar-refractivity contribution in [1.29, 1.82) is 0 Å². The number of benzene rings is 1. The van der Waals surface area contributed by atoms with E-state index in [-0.39, 0.29) is 0 Å². The fraction of sp³-hybridized carbons (Fsp3) is 0.364. The smallest absolute Gasteiger partial charge is 0.223 e. The molecule has 0 radical (unpaired) electrons. The van der Waals surface area contributed by atoms with Crippen LogP contribution in [0.1, 0.15) is 11.1 Å². The van der Waals surface area contributed by atoms with Gasteiger partial charge in [-0.1, -0.05) is 6.07 Å². The Kier molecular flexibility index (Phi) is 2.60. The maximum atomic E-state index is 9.91. The highest BCUT2D eigenvalue weighted by atomic mass is 16.5. The summed E-state index contributed by atoms with van der Waals surface area (Å²) in [5.41, 5.74) is 3.01. The number of nitrogens with zero attached hydrogens (tertiary/aromatic N) is 2. The molecule has 0 saturated heterocycles. The predicted octanol–water partition coefficient (Wildman–Crippen LogP) is 1.46. The summed E-state index contributed by atoms with van der Waals surface area (Å²) in [7, 11) is 0. The van der Waals surface area contributed by atoms with Crippen LogP contribution in [-0.4, -0.2) is 24.3 Å². The summed E-state index contributed by atoms with van der Waals surface area (Å²) in [6, 6.07) is 5.92. The van der Waals surface area contributed by atoms with Gasteiger partial charge in [0.05, 0.1) is 12.2 Å². The minimum atomic E-state index is 0.528. The van der Waals surface area contributed by atoms with Crippen molar-refractivity contribution in [2.24, 2.45) is 4.99 Å². The van der Waals surface area contributed by atoms with Crippen LogP contribution in [0.3, 0.4) is 0 Å². The summed E-state index contributed by atoms with van der Waals surface area (Å²) in [6.45, 7) is 5.52. The van der Waals surface area contributed by atoms with Gasteiger partial charge in [0, 0.05) is 6.54 Å². The summed E-state index contributed by atoms with van der Waals surface area (Å²) in [5.74, 6) is 0.528. The van der Waals surface area contributed by atoms with Crippen molar-refractivity contribution >= 4 is 11.6 Å². The third-order valence-corrected chi connectivity index (χ3v) is 2.31. The quantitative estimate of drug-likeness (QED) is 0.682. The zero-order valence-electron chi connectivity index (χ0n) is 8.99. The lowest BCUT2D eigenvalue weighted by Gasteiger charge is -2.17. The summed E-state index contributed by atoms with van der Waals surface area (Å²) >= 11 is 0. The second-order valence-corrected chi connectivity index (χ2v) is 3.79. The number of anilines is 1. The first-order valence-corrected chi connectivity index (χ1v) is 5.02. The van der Waals surface area contributed by atoms with Gasteiger partial charge in [0.25, 0.3) is 0 Å². The van der Waals surface area contributed by atoms with Crippen molar-refractivity contribution in [2.75, 3.05) is 18.2 Å². The Labute approximate surface area is 89.2 Å². The van der Waals surface area contributed by atoms with Crippen LogP contribution in [0.15, 0.2) is 23.2 Å². The fourth-order valence-electron chi connectivity index (χ4n) is 1.72. The zero-order valence-corrected chi connectivity index (χ0v) is 8.99. The van der Waals surface area contributed by atoms with E-state index in [2.05, 4.69) is 16.4 Å². The minimum absolute atomic E-state index is 0.528. The van der Waals surface area contributed by atoms with Gasteiger partial charge in [-0.2, -0.15) is 5.06 Å². The average Bonchev–Trinajstić information content (AvgIpc) is 2.67. The van der Waals surface area contributed by atoms with E-state index in [0.717, 1.165) is 35.0 Å². The number of nitrogens with one attached hydrogen (secondary N) is 1. The molecule has 1 aromatic rings. The molecule has 0 saturated carbocycles. The molecule has 1 aliphatic rings. The van der Waals surface area contributed by atoms with Crippen LogP contribution in [0.2, 0.25) is 0 Å². The van der Waals surface area contributed by atoms with Gasteiger partial charge in [0.2, 0.25) is 5.96 Å². The minimum Gasteiger partial charge on any atom is -0.352 e. The molecular weight excluding hydrogens is 190 g/mol. The Balaban J connectivity index is 2.28. The molecule has 0 fully saturated rings. The third kappa shape index (κ3) is 2.10. The Bertz CT molecular complexity index is 381. The lowest BCUT2D eigenvalue weighted by atomic mass is 10.1. The molecule has 1 aliphatic heterocycles. The molecule has 15 heavy (non-hydrogen) atoms. The Morgan fingerprint density at radius 1 is 1.27 bits per heavy atom. The molecular formula is C11H15N3O. The molecule has 2 rings (SSSR count). The Morgan fingerprint density at radius 3 is 2.47 bits per heavy atom. The summed E-state index contributed by atoms with van der Waals surface area (Å²) in [4.78, 5) is 4.15. The number of hydroxylamine groups is 1. The van der Waals surface area contributed by atoms with Gasteiger partial charge in [0.15, 0.2) is 0 Å². The van der Waals surface area contributed by atoms with Crippen molar-refractivity contribution in [3.05, 3.63) is 29.3 Å². The topological polar surface area (TPSA) is 47.9 Å². The molecule has 0 aromatic heterocycles. The first-order chi connectivity index (χ1) is 7.16. The number of hydrogen-bond acceptors (Lipinski definition) is 4. The van der Waals surface area contributed by atoms with Crippen molar-refractivity contribution in [1.82, 2.24) is 5.32 Å². The third-order valence-electron chi connectivity index (χ3n) is 2.31. The lowest BCUT2D eigenvalue weighted by Crippen LogP contribution is -2.36. The number of aliphatic imine (C=N–C) groups is 1. The molecule has 4 heteroatoms. The van der Waals surface area contributed by atoms with E-state index >= 15 is 0 Å². The molecule has 0 aliphatic carbocycles. The van der Waals surface area contributed by atoms with Crippen LogP contribution >= 0.6 is 0 Å². The molecule has 2 N–H and O–H groups in total. The van der Waals surface area contributed by atoms with E-state index in [1.807, 2.05) is 26.0 Å². The van der Waals surface area contributed by atoms with Crippen molar-refractivity contribution in [2.45, 2.75) is 13.8 Å². The van der Waals surface area contributed by atoms with E-state index in [1.165, 1.54) is 0 Å². The van der Waals surface area contributed by atoms with Gasteiger partial charge < -0.3 is 5.32 Å². The van der Waals surface area contributed by atoms with Gasteiger partial charge in [-0.15, -0.1) is 0 Å². The van der Waals surface area contributed by atoms with E-state index in [0.29, 0.717) is 5.96 Å². The number of aryl methyl sites for hydroxylation is 2. The largest absolute Gasteiger partial charge is 0.352 e. The normalized spacial score (nSPS) is 14.7. The Morgan fingerprint density at radius 2 is 1.93 bits per heavy atom. The maximum absolute atomic E-state index is 9.91. The molecule has 1 aromatic carbocycles. The lowest BCUT2D eigenvalue weighted by molar-refractivity contribution is 0.309. The van der Waals surface area contributed by atoms with E-state index in [1.54, 1.807) is 0 Å². The molecule has 0 atom stereocenters. The second kappa shape index (κ2) is 3.90. The molecule has 80 valence electrons. The maximum Gasteiger partial charge on any atom is 0.223 e. The fourth-order valence-corrected chi connectivity index (χ4v) is 1.72. The van der Waals surface area contributed by atoms with Crippen molar-refractivity contribution in [3.63, 3.8) is 0 Å². The first-order valence-electron chi connectivity index (χ1n) is 5.02. The monoisotopic (exact) mass is 205 g/mol. The molecule has 1 heterocycles. The molecule has 0 amide bonds. The molecule has 0 spiro atoms. The highest BCUT2D eigenvalue weighted by Gasteiger charge is 2.14. The van der Waals surface area contributed by atoms with Gasteiger partial charge in [-0.05, 0) is 37.1 Å². The summed E-state index contributed by atoms with van der Waals surface area (Å²) < 4.78 is 0. The van der Waals surface area contributed by atoms with Crippen LogP contribution in [0.4, 0.5) is 5.69 Å².